The molecule has 0 aliphatic rings. The third kappa shape index (κ3) is 11.0. The number of carboxylic acids is 1. The lowest BCUT2D eigenvalue weighted by Gasteiger charge is -2.17. The van der Waals surface area contributed by atoms with Gasteiger partial charge in [-0.05, 0) is 130 Å². The van der Waals surface area contributed by atoms with Gasteiger partial charge < -0.3 is 28.5 Å². The molecule has 12 heteroatoms. The number of aromatic nitrogens is 2. The quantitative estimate of drug-likeness (QED) is 0.116. The van der Waals surface area contributed by atoms with Crippen molar-refractivity contribution in [2.45, 2.75) is 34.0 Å². The highest BCUT2D eigenvalue weighted by atomic mass is 79.9. The highest BCUT2D eigenvalue weighted by Crippen LogP contribution is 2.38. The molecule has 0 aliphatic heterocycles. The molecule has 0 saturated carbocycles. The van der Waals surface area contributed by atoms with Gasteiger partial charge in [0.25, 0.3) is 0 Å². The first-order chi connectivity index (χ1) is 30.9. The van der Waals surface area contributed by atoms with Crippen molar-refractivity contribution in [3.8, 4) is 45.4 Å². The number of carbonyl (C=O) groups excluding carboxylic acids is 1. The third-order valence-corrected chi connectivity index (χ3v) is 12.8. The van der Waals surface area contributed by atoms with Gasteiger partial charge in [0.15, 0.2) is 0 Å². The van der Waals surface area contributed by atoms with Gasteiger partial charge in [-0.2, -0.15) is 0 Å². The van der Waals surface area contributed by atoms with Crippen molar-refractivity contribution >= 4 is 75.7 Å². The summed E-state index contributed by atoms with van der Waals surface area (Å²) in [4.78, 5) is 23.8. The Morgan fingerprint density at radius 2 is 0.984 bits per heavy atom. The van der Waals surface area contributed by atoms with Crippen LogP contribution in [0.25, 0.3) is 33.9 Å². The predicted octanol–water partition coefficient (Wildman–Crippen LogP) is 15.0. The zero-order chi connectivity index (χ0) is 45.3. The number of esters is 1. The largest absolute Gasteiger partial charge is 0.488 e. The summed E-state index contributed by atoms with van der Waals surface area (Å²) in [7, 11) is 0. The van der Waals surface area contributed by atoms with E-state index in [0.717, 1.165) is 85.8 Å². The summed E-state index contributed by atoms with van der Waals surface area (Å²) in [5.74, 6) is 0.237. The summed E-state index contributed by atoms with van der Waals surface area (Å²) in [5, 5.41) is 9.40. The zero-order valence-electron chi connectivity index (χ0n) is 35.0. The summed E-state index contributed by atoms with van der Waals surface area (Å²) in [6.45, 7) is 7.04. The van der Waals surface area contributed by atoms with Gasteiger partial charge in [0.05, 0.1) is 29.1 Å². The first kappa shape index (κ1) is 46.3. The Hall–Kier alpha value is -5.66. The fraction of sp³-hybridized carbons (Fsp3) is 0.115. The SMILES string of the molecule is CCOC(=O)c1cccc(-n2c(C)ccc2-c2cc(Br)ccc2OCc2ccccc2Br)c1.Cc1ccc(-c2cc(Br)ccc2OCc2ccccc2Br)n1-c1cccc(C(=O)O)c1. The second-order valence-corrected chi connectivity index (χ2v) is 18.1. The number of aryl methyl sites for hydroxylation is 2. The van der Waals surface area contributed by atoms with Crippen LogP contribution in [-0.4, -0.2) is 32.8 Å². The topological polar surface area (TPSA) is 91.9 Å². The molecule has 0 unspecified atom stereocenters. The molecule has 0 atom stereocenters. The lowest BCUT2D eigenvalue weighted by Crippen LogP contribution is -2.07. The maximum Gasteiger partial charge on any atom is 0.338 e. The van der Waals surface area contributed by atoms with Crippen molar-refractivity contribution in [3.05, 3.63) is 209 Å². The molecule has 64 heavy (non-hydrogen) atoms. The molecular weight excluding hydrogens is 1070 g/mol. The Kier molecular flexibility index (Phi) is 15.5. The van der Waals surface area contributed by atoms with E-state index >= 15 is 0 Å². The van der Waals surface area contributed by atoms with Crippen LogP contribution < -0.4 is 9.47 Å². The number of benzene rings is 6. The molecule has 8 rings (SSSR count). The minimum Gasteiger partial charge on any atom is -0.488 e. The predicted molar refractivity (Wildman–Crippen MR) is 267 cm³/mol. The number of carboxylic acid groups (broad SMARTS) is 1. The molecule has 0 aliphatic carbocycles. The van der Waals surface area contributed by atoms with Crippen LogP contribution in [-0.2, 0) is 18.0 Å². The van der Waals surface area contributed by atoms with Gasteiger partial charge in [-0.3, -0.25) is 0 Å². The molecule has 0 fully saturated rings. The molecule has 324 valence electrons. The summed E-state index contributed by atoms with van der Waals surface area (Å²) in [6, 6.07) is 50.5. The van der Waals surface area contributed by atoms with Crippen LogP contribution >= 0.6 is 63.7 Å². The van der Waals surface area contributed by atoms with Crippen LogP contribution in [0.2, 0.25) is 0 Å². The van der Waals surface area contributed by atoms with E-state index in [1.807, 2.05) is 134 Å². The monoisotopic (exact) mass is 1110 g/mol. The zero-order valence-corrected chi connectivity index (χ0v) is 41.4. The van der Waals surface area contributed by atoms with Gasteiger partial charge in [-0.25, -0.2) is 9.59 Å². The number of ether oxygens (including phenoxy) is 3. The van der Waals surface area contributed by atoms with Crippen LogP contribution in [0.3, 0.4) is 0 Å². The Morgan fingerprint density at radius 3 is 1.44 bits per heavy atom. The number of halogens is 4. The van der Waals surface area contributed by atoms with E-state index in [0.29, 0.717) is 25.4 Å². The number of hydrogen-bond acceptors (Lipinski definition) is 5. The maximum absolute atomic E-state index is 12.3. The van der Waals surface area contributed by atoms with E-state index in [-0.39, 0.29) is 11.5 Å². The van der Waals surface area contributed by atoms with Crippen molar-refractivity contribution in [3.63, 3.8) is 0 Å². The maximum atomic E-state index is 12.3. The molecule has 0 radical (unpaired) electrons. The second-order valence-electron chi connectivity index (χ2n) is 14.6. The summed E-state index contributed by atoms with van der Waals surface area (Å²) < 4.78 is 25.7. The molecule has 8 aromatic rings. The molecule has 0 bridgehead atoms. The van der Waals surface area contributed by atoms with Gasteiger partial charge in [0, 0.05) is 62.9 Å². The highest BCUT2D eigenvalue weighted by Gasteiger charge is 2.19. The van der Waals surface area contributed by atoms with E-state index in [1.54, 1.807) is 31.2 Å². The van der Waals surface area contributed by atoms with Gasteiger partial charge in [0.2, 0.25) is 0 Å². The van der Waals surface area contributed by atoms with Gasteiger partial charge in [-0.1, -0.05) is 112 Å². The first-order valence-electron chi connectivity index (χ1n) is 20.2. The van der Waals surface area contributed by atoms with E-state index in [4.69, 9.17) is 14.2 Å². The standard InChI is InChI=1S/C27H23Br2NO3.C25H19Br2NO3/c1-3-32-27(31)19-8-6-9-22(15-19)30-18(2)11-13-25(30)23-16-21(28)12-14-26(23)33-17-20-7-4-5-10-24(20)29;1-16-9-11-23(28(16)20-7-4-6-17(13-20)25(29)30)21-14-19(26)10-12-24(21)31-15-18-5-2-3-8-22(18)27/h4-16H,3,17H2,1-2H3;2-14H,15H2,1H3,(H,29,30). The molecular formula is C52H42Br4N2O6. The molecule has 0 saturated heterocycles. The molecule has 0 spiro atoms. The second kappa shape index (κ2) is 21.3. The van der Waals surface area contributed by atoms with Crippen molar-refractivity contribution in [1.82, 2.24) is 9.13 Å². The Bertz CT molecular complexity index is 2960. The van der Waals surface area contributed by atoms with Gasteiger partial charge >= 0.3 is 11.9 Å². The number of hydrogen-bond donors (Lipinski definition) is 1. The third-order valence-electron chi connectivity index (χ3n) is 10.2. The Morgan fingerprint density at radius 1 is 0.531 bits per heavy atom. The van der Waals surface area contributed by atoms with E-state index in [2.05, 4.69) is 86.5 Å². The van der Waals surface area contributed by atoms with E-state index in [9.17, 15) is 14.7 Å². The molecule has 2 heterocycles. The van der Waals surface area contributed by atoms with Crippen LogP contribution in [0, 0.1) is 13.8 Å². The Labute approximate surface area is 406 Å². The van der Waals surface area contributed by atoms with Crippen molar-refractivity contribution < 1.29 is 28.9 Å². The number of rotatable bonds is 13. The van der Waals surface area contributed by atoms with Crippen molar-refractivity contribution in [1.29, 1.82) is 0 Å². The minimum atomic E-state index is -0.951. The summed E-state index contributed by atoms with van der Waals surface area (Å²) in [6.07, 6.45) is 0. The van der Waals surface area contributed by atoms with E-state index in [1.165, 1.54) is 0 Å². The normalized spacial score (nSPS) is 10.8. The lowest BCUT2D eigenvalue weighted by molar-refractivity contribution is 0.0525. The molecule has 8 nitrogen and oxygen atoms in total. The first-order valence-corrected chi connectivity index (χ1v) is 23.4. The average molecular weight is 1110 g/mol. The lowest BCUT2D eigenvalue weighted by atomic mass is 10.1. The molecule has 6 aromatic carbocycles. The minimum absolute atomic E-state index is 0.246. The van der Waals surface area contributed by atoms with Crippen molar-refractivity contribution in [2.24, 2.45) is 0 Å². The smallest absolute Gasteiger partial charge is 0.338 e. The average Bonchev–Trinajstić information content (AvgIpc) is 3.88. The Balaban J connectivity index is 0.000000192. The summed E-state index contributed by atoms with van der Waals surface area (Å²) >= 11 is 14.3. The summed E-state index contributed by atoms with van der Waals surface area (Å²) in [5.41, 5.74) is 10.4. The van der Waals surface area contributed by atoms with Crippen molar-refractivity contribution in [2.75, 3.05) is 6.61 Å². The fourth-order valence-corrected chi connectivity index (χ4v) is 8.67. The number of carbonyl (C=O) groups is 2. The van der Waals surface area contributed by atoms with E-state index < -0.39 is 5.97 Å². The number of nitrogens with zero attached hydrogens (tertiary/aromatic N) is 2. The van der Waals surface area contributed by atoms with Crippen LogP contribution in [0.4, 0.5) is 0 Å². The van der Waals surface area contributed by atoms with Crippen LogP contribution in [0.15, 0.2) is 176 Å². The van der Waals surface area contributed by atoms with Gasteiger partial charge in [-0.15, -0.1) is 0 Å². The van der Waals surface area contributed by atoms with Crippen LogP contribution in [0.5, 0.6) is 11.5 Å². The fourth-order valence-electron chi connectivity index (χ4n) is 7.15. The number of aromatic carboxylic acids is 1. The molecule has 1 N–H and O–H groups in total. The van der Waals surface area contributed by atoms with Gasteiger partial charge in [0.1, 0.15) is 24.7 Å². The molecule has 2 aromatic heterocycles. The highest BCUT2D eigenvalue weighted by molar-refractivity contribution is 9.11. The van der Waals surface area contributed by atoms with Crippen LogP contribution in [0.1, 0.15) is 50.2 Å². The molecule has 0 amide bonds.